The summed E-state index contributed by atoms with van der Waals surface area (Å²) in [7, 11) is 0. The largest absolute Gasteiger partial charge is 0.356 e. The lowest BCUT2D eigenvalue weighted by Crippen LogP contribution is -2.39. The molecule has 0 spiro atoms. The van der Waals surface area contributed by atoms with Crippen LogP contribution in [0.4, 0.5) is 0 Å². The topological polar surface area (TPSA) is 41.1 Å². The summed E-state index contributed by atoms with van der Waals surface area (Å²) in [4.78, 5) is 13.3. The maximum atomic E-state index is 12.0. The van der Waals surface area contributed by atoms with Gasteiger partial charge in [0.15, 0.2) is 0 Å². The van der Waals surface area contributed by atoms with E-state index in [1.807, 2.05) is 0 Å². The average Bonchev–Trinajstić information content (AvgIpc) is 2.96. The van der Waals surface area contributed by atoms with Crippen LogP contribution in [-0.4, -0.2) is 24.5 Å². The number of amides is 1. The van der Waals surface area contributed by atoms with Crippen LogP contribution in [0.3, 0.4) is 0 Å². The number of carbonyl (C=O) groups is 1. The van der Waals surface area contributed by atoms with Crippen LogP contribution in [0.2, 0.25) is 0 Å². The summed E-state index contributed by atoms with van der Waals surface area (Å²) in [6.45, 7) is 0.754. The van der Waals surface area contributed by atoms with Gasteiger partial charge >= 0.3 is 0 Å². The Labute approximate surface area is 144 Å². The monoisotopic (exact) mass is 392 g/mol. The maximum Gasteiger partial charge on any atom is 0.220 e. The van der Waals surface area contributed by atoms with Crippen LogP contribution in [0.1, 0.15) is 37.0 Å². The quantitative estimate of drug-likeness (QED) is 0.803. The normalized spacial score (nSPS) is 27.2. The Balaban J connectivity index is 0.00000161. The van der Waals surface area contributed by atoms with Crippen molar-refractivity contribution in [2.45, 2.75) is 50.6 Å². The first-order valence-corrected chi connectivity index (χ1v) is 9.07. The first kappa shape index (κ1) is 17.3. The molecular weight excluding hydrogens is 372 g/mol. The van der Waals surface area contributed by atoms with Gasteiger partial charge in [0.1, 0.15) is 0 Å². The summed E-state index contributed by atoms with van der Waals surface area (Å²) < 4.78 is 1.16. The van der Waals surface area contributed by atoms with E-state index in [1.165, 1.54) is 30.6 Å². The highest BCUT2D eigenvalue weighted by Gasteiger charge is 2.33. The highest BCUT2D eigenvalue weighted by molar-refractivity contribution is 9.11. The van der Waals surface area contributed by atoms with Gasteiger partial charge in [0.05, 0.1) is 3.79 Å². The summed E-state index contributed by atoms with van der Waals surface area (Å²) in [6, 6.07) is 5.53. The van der Waals surface area contributed by atoms with Gasteiger partial charge in [0.25, 0.3) is 0 Å². The minimum atomic E-state index is 0. The number of fused-ring (bicyclic) bond motifs is 2. The molecule has 6 heteroatoms. The van der Waals surface area contributed by atoms with E-state index in [-0.39, 0.29) is 18.3 Å². The summed E-state index contributed by atoms with van der Waals surface area (Å²) in [5.74, 6) is 0.816. The number of carbonyl (C=O) groups excluding carboxylic acids is 1. The number of thiophene rings is 1. The lowest BCUT2D eigenvalue weighted by molar-refractivity contribution is -0.122. The van der Waals surface area contributed by atoms with Crippen molar-refractivity contribution in [1.29, 1.82) is 0 Å². The zero-order valence-electron chi connectivity index (χ0n) is 11.9. The van der Waals surface area contributed by atoms with Crippen molar-refractivity contribution in [3.05, 3.63) is 20.8 Å². The molecule has 2 bridgehead atoms. The zero-order valence-corrected chi connectivity index (χ0v) is 15.2. The minimum Gasteiger partial charge on any atom is -0.356 e. The number of nitrogens with one attached hydrogen (secondary N) is 2. The number of halogens is 2. The summed E-state index contributed by atoms with van der Waals surface area (Å²) in [6.07, 6.45) is 6.61. The predicted octanol–water partition coefficient (Wildman–Crippen LogP) is 3.51. The van der Waals surface area contributed by atoms with Gasteiger partial charge in [-0.2, -0.15) is 0 Å². The number of rotatable bonds is 5. The third kappa shape index (κ3) is 4.95. The van der Waals surface area contributed by atoms with Crippen molar-refractivity contribution in [3.8, 4) is 0 Å². The molecule has 3 nitrogen and oxygen atoms in total. The molecule has 2 fully saturated rings. The molecule has 0 aliphatic carbocycles. The van der Waals surface area contributed by atoms with Crippen molar-refractivity contribution in [2.24, 2.45) is 5.92 Å². The van der Waals surface area contributed by atoms with E-state index in [2.05, 4.69) is 38.7 Å². The molecule has 1 aromatic heterocycles. The fraction of sp³-hybridized carbons (Fsp3) is 0.667. The van der Waals surface area contributed by atoms with Crippen LogP contribution in [0.25, 0.3) is 0 Å². The third-order valence-electron chi connectivity index (χ3n) is 4.37. The summed E-state index contributed by atoms with van der Waals surface area (Å²) >= 11 is 5.20. The van der Waals surface area contributed by atoms with E-state index in [0.29, 0.717) is 24.4 Å². The van der Waals surface area contributed by atoms with Crippen molar-refractivity contribution >= 4 is 45.6 Å². The minimum absolute atomic E-state index is 0. The van der Waals surface area contributed by atoms with E-state index in [9.17, 15) is 4.79 Å². The van der Waals surface area contributed by atoms with Crippen LogP contribution in [0.5, 0.6) is 0 Å². The van der Waals surface area contributed by atoms with E-state index >= 15 is 0 Å². The Kier molecular flexibility index (Phi) is 6.53. The second-order valence-corrected chi connectivity index (χ2v) is 8.53. The second kappa shape index (κ2) is 7.95. The van der Waals surface area contributed by atoms with Crippen molar-refractivity contribution in [2.75, 3.05) is 6.54 Å². The molecule has 3 heterocycles. The molecule has 2 N–H and O–H groups in total. The molecule has 0 saturated carbocycles. The van der Waals surface area contributed by atoms with Gasteiger partial charge in [-0.05, 0) is 66.1 Å². The first-order valence-electron chi connectivity index (χ1n) is 7.46. The van der Waals surface area contributed by atoms with Gasteiger partial charge in [-0.25, -0.2) is 0 Å². The molecule has 2 aliphatic rings. The Hall–Kier alpha value is -0.100. The van der Waals surface area contributed by atoms with E-state index in [4.69, 9.17) is 0 Å². The van der Waals surface area contributed by atoms with Crippen LogP contribution < -0.4 is 10.6 Å². The molecule has 2 saturated heterocycles. The highest BCUT2D eigenvalue weighted by Crippen LogP contribution is 2.32. The molecule has 0 radical (unpaired) electrons. The molecule has 2 atom stereocenters. The lowest BCUT2D eigenvalue weighted by Gasteiger charge is -2.28. The van der Waals surface area contributed by atoms with Crippen LogP contribution in [0.15, 0.2) is 15.9 Å². The fourth-order valence-corrected chi connectivity index (χ4v) is 4.97. The second-order valence-electron chi connectivity index (χ2n) is 5.99. The van der Waals surface area contributed by atoms with E-state index in [1.54, 1.807) is 11.3 Å². The van der Waals surface area contributed by atoms with Crippen molar-refractivity contribution < 1.29 is 4.79 Å². The molecule has 2 aliphatic heterocycles. The molecule has 21 heavy (non-hydrogen) atoms. The van der Waals surface area contributed by atoms with Crippen LogP contribution in [-0.2, 0) is 11.2 Å². The Morgan fingerprint density at radius 3 is 2.67 bits per heavy atom. The molecule has 0 aromatic carbocycles. The summed E-state index contributed by atoms with van der Waals surface area (Å²) in [5.41, 5.74) is 0. The van der Waals surface area contributed by atoms with Gasteiger partial charge in [0, 0.05) is 29.9 Å². The molecule has 1 aromatic rings. The highest BCUT2D eigenvalue weighted by atomic mass is 79.9. The van der Waals surface area contributed by atoms with Crippen molar-refractivity contribution in [3.63, 3.8) is 0 Å². The standard InChI is InChI=1S/C15H21BrN2OS.ClH/c16-14-4-3-13(20-14)5-6-17-15(19)9-10-7-11-1-2-12(8-10)18-11;/h3-4,10-12,18H,1-2,5-9H2,(H,17,19);1H. The predicted molar refractivity (Wildman–Crippen MR) is 93.3 cm³/mol. The van der Waals surface area contributed by atoms with Gasteiger partial charge in [-0.15, -0.1) is 23.7 Å². The Morgan fingerprint density at radius 1 is 1.33 bits per heavy atom. The molecule has 1 amide bonds. The molecule has 3 rings (SSSR count). The number of piperidine rings is 1. The zero-order chi connectivity index (χ0) is 13.9. The van der Waals surface area contributed by atoms with Gasteiger partial charge in [-0.3, -0.25) is 4.79 Å². The molecule has 2 unspecified atom stereocenters. The van der Waals surface area contributed by atoms with Crippen LogP contribution >= 0.6 is 39.7 Å². The SMILES string of the molecule is Cl.O=C(CC1CC2CCC(C1)N2)NCCc1ccc(Br)s1. The third-order valence-corrected chi connectivity index (χ3v) is 6.05. The van der Waals surface area contributed by atoms with Crippen molar-refractivity contribution in [1.82, 2.24) is 10.6 Å². The Bertz CT molecular complexity index is 470. The van der Waals surface area contributed by atoms with Gasteiger partial charge < -0.3 is 10.6 Å². The fourth-order valence-electron chi connectivity index (χ4n) is 3.49. The summed E-state index contributed by atoms with van der Waals surface area (Å²) in [5, 5.41) is 6.70. The van der Waals surface area contributed by atoms with E-state index in [0.717, 1.165) is 16.8 Å². The van der Waals surface area contributed by atoms with Gasteiger partial charge in [0.2, 0.25) is 5.91 Å². The number of hydrogen-bond acceptors (Lipinski definition) is 3. The Morgan fingerprint density at radius 2 is 2.05 bits per heavy atom. The van der Waals surface area contributed by atoms with Gasteiger partial charge in [-0.1, -0.05) is 0 Å². The number of hydrogen-bond donors (Lipinski definition) is 2. The average molecular weight is 394 g/mol. The maximum absolute atomic E-state index is 12.0. The lowest BCUT2D eigenvalue weighted by atomic mass is 9.89. The molecular formula is C15H22BrClN2OS. The van der Waals surface area contributed by atoms with Crippen LogP contribution in [0, 0.1) is 5.92 Å². The smallest absolute Gasteiger partial charge is 0.220 e. The first-order chi connectivity index (χ1) is 9.69. The van der Waals surface area contributed by atoms with E-state index < -0.39 is 0 Å². The molecule has 118 valence electrons.